The van der Waals surface area contributed by atoms with Gasteiger partial charge in [-0.1, -0.05) is 43.5 Å². The Morgan fingerprint density at radius 3 is 2.62 bits per heavy atom. The molecule has 0 atom stereocenters. The molecule has 21 heavy (non-hydrogen) atoms. The molecule has 1 aromatic carbocycles. The molecule has 0 spiro atoms. The van der Waals surface area contributed by atoms with Gasteiger partial charge in [-0.05, 0) is 67.3 Å². The Bertz CT molecular complexity index is 582. The second kappa shape index (κ2) is 6.89. The predicted molar refractivity (Wildman–Crippen MR) is 88.7 cm³/mol. The van der Waals surface area contributed by atoms with Crippen molar-refractivity contribution < 1.29 is 0 Å². The molecule has 1 aromatic heterocycles. The van der Waals surface area contributed by atoms with Crippen LogP contribution in [0.5, 0.6) is 0 Å². The summed E-state index contributed by atoms with van der Waals surface area (Å²) in [7, 11) is 0. The maximum atomic E-state index is 4.50. The first-order valence-corrected chi connectivity index (χ1v) is 8.32. The van der Waals surface area contributed by atoms with Gasteiger partial charge in [0.05, 0.1) is 0 Å². The van der Waals surface area contributed by atoms with Gasteiger partial charge in [-0.25, -0.2) is 0 Å². The molecule has 1 heteroatoms. The van der Waals surface area contributed by atoms with Crippen LogP contribution in [0.3, 0.4) is 0 Å². The van der Waals surface area contributed by atoms with Crippen molar-refractivity contribution in [3.05, 3.63) is 65.0 Å². The molecule has 0 radical (unpaired) electrons. The summed E-state index contributed by atoms with van der Waals surface area (Å²) < 4.78 is 0. The van der Waals surface area contributed by atoms with E-state index in [9.17, 15) is 0 Å². The molecule has 0 N–H and O–H groups in total. The highest BCUT2D eigenvalue weighted by molar-refractivity contribution is 5.31. The molecule has 0 saturated heterocycles. The second-order valence-corrected chi connectivity index (χ2v) is 6.36. The van der Waals surface area contributed by atoms with Crippen LogP contribution in [-0.2, 0) is 12.8 Å². The molecule has 0 unspecified atom stereocenters. The Labute approximate surface area is 128 Å². The van der Waals surface area contributed by atoms with E-state index >= 15 is 0 Å². The molecular weight excluding hydrogens is 254 g/mol. The van der Waals surface area contributed by atoms with Gasteiger partial charge < -0.3 is 0 Å². The van der Waals surface area contributed by atoms with Crippen LogP contribution in [0.25, 0.3) is 0 Å². The van der Waals surface area contributed by atoms with Crippen LogP contribution in [0.15, 0.2) is 42.6 Å². The van der Waals surface area contributed by atoms with Crippen LogP contribution in [0.1, 0.15) is 60.4 Å². The van der Waals surface area contributed by atoms with Crippen LogP contribution in [0.4, 0.5) is 0 Å². The van der Waals surface area contributed by atoms with Crippen LogP contribution >= 0.6 is 0 Å². The summed E-state index contributed by atoms with van der Waals surface area (Å²) in [6, 6.07) is 13.3. The largest absolute Gasteiger partial charge is 0.261 e. The van der Waals surface area contributed by atoms with Gasteiger partial charge in [0.25, 0.3) is 0 Å². The van der Waals surface area contributed by atoms with E-state index in [0.717, 1.165) is 18.8 Å². The summed E-state index contributed by atoms with van der Waals surface area (Å²) in [6.45, 7) is 2.14. The van der Waals surface area contributed by atoms with E-state index in [1.54, 1.807) is 5.56 Å². The highest BCUT2D eigenvalue weighted by Crippen LogP contribution is 2.34. The Kier molecular flexibility index (Phi) is 4.69. The summed E-state index contributed by atoms with van der Waals surface area (Å²) in [5, 5.41) is 0. The van der Waals surface area contributed by atoms with Crippen molar-refractivity contribution in [2.24, 2.45) is 0 Å². The number of aryl methyl sites for hydroxylation is 3. The standard InChI is InChI=1S/C20H25N/c1-16-13-14-21-19(15-16)12-11-18-9-5-6-10-20(18)17-7-3-2-4-8-17/h5-6,9-10,13-15,17H,2-4,7-8,11-12H2,1H3. The van der Waals surface area contributed by atoms with Gasteiger partial charge in [-0.3, -0.25) is 4.98 Å². The maximum Gasteiger partial charge on any atom is 0.0409 e. The fourth-order valence-corrected chi connectivity index (χ4v) is 3.57. The molecule has 0 amide bonds. The molecule has 3 rings (SSSR count). The second-order valence-electron chi connectivity index (χ2n) is 6.36. The Morgan fingerprint density at radius 2 is 1.81 bits per heavy atom. The smallest absolute Gasteiger partial charge is 0.0409 e. The average molecular weight is 279 g/mol. The highest BCUT2D eigenvalue weighted by Gasteiger charge is 2.17. The van der Waals surface area contributed by atoms with E-state index < -0.39 is 0 Å². The number of hydrogen-bond acceptors (Lipinski definition) is 1. The van der Waals surface area contributed by atoms with Crippen LogP contribution in [0, 0.1) is 6.92 Å². The summed E-state index contributed by atoms with van der Waals surface area (Å²) in [6.07, 6.45) is 11.1. The van der Waals surface area contributed by atoms with Crippen molar-refractivity contribution in [3.8, 4) is 0 Å². The molecule has 110 valence electrons. The summed E-state index contributed by atoms with van der Waals surface area (Å²) >= 11 is 0. The monoisotopic (exact) mass is 279 g/mol. The molecule has 0 bridgehead atoms. The van der Waals surface area contributed by atoms with E-state index in [-0.39, 0.29) is 0 Å². The fraction of sp³-hybridized carbons (Fsp3) is 0.450. The van der Waals surface area contributed by atoms with Crippen molar-refractivity contribution >= 4 is 0 Å². The lowest BCUT2D eigenvalue weighted by molar-refractivity contribution is 0.441. The first-order valence-electron chi connectivity index (χ1n) is 8.32. The van der Waals surface area contributed by atoms with E-state index in [0.29, 0.717) is 0 Å². The van der Waals surface area contributed by atoms with Gasteiger partial charge in [0.15, 0.2) is 0 Å². The molecule has 2 aromatic rings. The molecular formula is C20H25N. The van der Waals surface area contributed by atoms with Crippen molar-refractivity contribution in [2.45, 2.75) is 57.8 Å². The van der Waals surface area contributed by atoms with Gasteiger partial charge in [0, 0.05) is 11.9 Å². The number of aromatic nitrogens is 1. The Balaban J connectivity index is 1.73. The molecule has 0 aliphatic heterocycles. The van der Waals surface area contributed by atoms with Gasteiger partial charge in [-0.2, -0.15) is 0 Å². The number of hydrogen-bond donors (Lipinski definition) is 0. The predicted octanol–water partition coefficient (Wildman–Crippen LogP) is 5.22. The van der Waals surface area contributed by atoms with E-state index in [1.165, 1.54) is 48.9 Å². The topological polar surface area (TPSA) is 12.9 Å². The highest BCUT2D eigenvalue weighted by atomic mass is 14.7. The van der Waals surface area contributed by atoms with E-state index in [4.69, 9.17) is 0 Å². The minimum absolute atomic E-state index is 0.792. The van der Waals surface area contributed by atoms with E-state index in [1.807, 2.05) is 6.20 Å². The van der Waals surface area contributed by atoms with E-state index in [2.05, 4.69) is 48.3 Å². The Morgan fingerprint density at radius 1 is 1.00 bits per heavy atom. The summed E-state index contributed by atoms with van der Waals surface area (Å²) in [5.74, 6) is 0.792. The zero-order valence-corrected chi connectivity index (χ0v) is 13.0. The molecule has 1 saturated carbocycles. The average Bonchev–Trinajstić information content (AvgIpc) is 2.54. The first kappa shape index (κ1) is 14.3. The van der Waals surface area contributed by atoms with Gasteiger partial charge in [-0.15, -0.1) is 0 Å². The third kappa shape index (κ3) is 3.72. The fourth-order valence-electron chi connectivity index (χ4n) is 3.57. The number of rotatable bonds is 4. The zero-order chi connectivity index (χ0) is 14.5. The first-order chi connectivity index (χ1) is 10.3. The lowest BCUT2D eigenvalue weighted by Crippen LogP contribution is -2.08. The third-order valence-corrected chi connectivity index (χ3v) is 4.72. The number of benzene rings is 1. The quantitative estimate of drug-likeness (QED) is 0.747. The van der Waals surface area contributed by atoms with Crippen LogP contribution in [0.2, 0.25) is 0 Å². The van der Waals surface area contributed by atoms with Gasteiger partial charge >= 0.3 is 0 Å². The Hall–Kier alpha value is -1.63. The minimum atomic E-state index is 0.792. The van der Waals surface area contributed by atoms with Crippen LogP contribution < -0.4 is 0 Å². The normalized spacial score (nSPS) is 16.0. The van der Waals surface area contributed by atoms with Crippen LogP contribution in [-0.4, -0.2) is 4.98 Å². The summed E-state index contributed by atoms with van der Waals surface area (Å²) in [5.41, 5.74) is 5.66. The molecule has 1 fully saturated rings. The molecule has 1 heterocycles. The lowest BCUT2D eigenvalue weighted by atomic mass is 9.81. The van der Waals surface area contributed by atoms with Gasteiger partial charge in [0.1, 0.15) is 0 Å². The van der Waals surface area contributed by atoms with Crippen molar-refractivity contribution in [2.75, 3.05) is 0 Å². The maximum absolute atomic E-state index is 4.50. The van der Waals surface area contributed by atoms with Gasteiger partial charge in [0.2, 0.25) is 0 Å². The zero-order valence-electron chi connectivity index (χ0n) is 13.0. The number of pyridine rings is 1. The number of nitrogens with zero attached hydrogens (tertiary/aromatic N) is 1. The molecule has 1 aliphatic carbocycles. The van der Waals surface area contributed by atoms with Crippen molar-refractivity contribution in [1.29, 1.82) is 0 Å². The minimum Gasteiger partial charge on any atom is -0.261 e. The molecule has 1 aliphatic rings. The molecule has 1 nitrogen and oxygen atoms in total. The SMILES string of the molecule is Cc1ccnc(CCc2ccccc2C2CCCCC2)c1. The third-order valence-electron chi connectivity index (χ3n) is 4.72. The van der Waals surface area contributed by atoms with Crippen molar-refractivity contribution in [3.63, 3.8) is 0 Å². The summed E-state index contributed by atoms with van der Waals surface area (Å²) in [4.78, 5) is 4.50. The van der Waals surface area contributed by atoms with Crippen molar-refractivity contribution in [1.82, 2.24) is 4.98 Å². The lowest BCUT2D eigenvalue weighted by Gasteiger charge is -2.24.